The lowest BCUT2D eigenvalue weighted by Gasteiger charge is -2.45. The summed E-state index contributed by atoms with van der Waals surface area (Å²) in [5.74, 6) is 1.85. The van der Waals surface area contributed by atoms with Gasteiger partial charge in [0.1, 0.15) is 5.75 Å². The molecule has 1 atom stereocenters. The first-order valence-electron chi connectivity index (χ1n) is 9.93. The third kappa shape index (κ3) is 2.97. The van der Waals surface area contributed by atoms with Gasteiger partial charge in [0, 0.05) is 18.4 Å². The molecule has 3 heteroatoms. The summed E-state index contributed by atoms with van der Waals surface area (Å²) in [6, 6.07) is 27.1. The number of carbonyl (C=O) groups excluding carboxylic acids is 1. The lowest BCUT2D eigenvalue weighted by atomic mass is 9.59. The van der Waals surface area contributed by atoms with Crippen LogP contribution in [0.2, 0.25) is 0 Å². The molecule has 1 amide bonds. The Morgan fingerprint density at radius 3 is 2.04 bits per heavy atom. The van der Waals surface area contributed by atoms with Gasteiger partial charge in [0.25, 0.3) is 5.91 Å². The lowest BCUT2D eigenvalue weighted by molar-refractivity contribution is -0.123. The van der Waals surface area contributed by atoms with E-state index >= 15 is 0 Å². The highest BCUT2D eigenvalue weighted by atomic mass is 16.5. The van der Waals surface area contributed by atoms with Crippen LogP contribution in [-0.2, 0) is 4.79 Å². The quantitative estimate of drug-likeness (QED) is 0.720. The number of hydrogen-bond donors (Lipinski definition) is 1. The number of hydrogen-bond acceptors (Lipinski definition) is 2. The molecule has 6 rings (SSSR count). The monoisotopic (exact) mass is 369 g/mol. The molecule has 3 aliphatic rings. The van der Waals surface area contributed by atoms with Crippen LogP contribution < -0.4 is 10.1 Å². The van der Waals surface area contributed by atoms with Gasteiger partial charge in [0.2, 0.25) is 0 Å². The Hall–Kier alpha value is -3.07. The molecule has 0 heterocycles. The zero-order valence-corrected chi connectivity index (χ0v) is 15.7. The molecule has 0 saturated carbocycles. The van der Waals surface area contributed by atoms with Crippen LogP contribution in [-0.4, -0.2) is 19.1 Å². The van der Waals surface area contributed by atoms with Crippen molar-refractivity contribution in [3.8, 4) is 5.75 Å². The molecule has 0 aromatic heterocycles. The number of amides is 1. The molecule has 3 aliphatic carbocycles. The van der Waals surface area contributed by atoms with Crippen molar-refractivity contribution in [2.24, 2.45) is 5.92 Å². The highest BCUT2D eigenvalue weighted by molar-refractivity contribution is 5.77. The Morgan fingerprint density at radius 1 is 0.821 bits per heavy atom. The van der Waals surface area contributed by atoms with Gasteiger partial charge in [0.15, 0.2) is 6.61 Å². The number of ether oxygens (including phenoxy) is 1. The second-order valence-electron chi connectivity index (χ2n) is 7.69. The second-order valence-corrected chi connectivity index (χ2v) is 7.69. The van der Waals surface area contributed by atoms with E-state index in [-0.39, 0.29) is 12.5 Å². The highest BCUT2D eigenvalue weighted by Crippen LogP contribution is 2.55. The van der Waals surface area contributed by atoms with Crippen LogP contribution in [0, 0.1) is 5.92 Å². The Labute approximate surface area is 165 Å². The van der Waals surface area contributed by atoms with Gasteiger partial charge in [-0.1, -0.05) is 66.7 Å². The lowest BCUT2D eigenvalue weighted by Crippen LogP contribution is -2.40. The van der Waals surface area contributed by atoms with Crippen molar-refractivity contribution in [3.63, 3.8) is 0 Å². The maximum absolute atomic E-state index is 12.3. The summed E-state index contributed by atoms with van der Waals surface area (Å²) in [6.45, 7) is 0.735. The number of benzene rings is 3. The van der Waals surface area contributed by atoms with Crippen LogP contribution in [0.3, 0.4) is 0 Å². The maximum Gasteiger partial charge on any atom is 0.257 e. The number of para-hydroxylation sites is 1. The van der Waals surface area contributed by atoms with Crippen molar-refractivity contribution >= 4 is 5.91 Å². The summed E-state index contributed by atoms with van der Waals surface area (Å²) in [4.78, 5) is 12.3. The molecule has 0 spiro atoms. The van der Waals surface area contributed by atoms with E-state index in [9.17, 15) is 4.79 Å². The number of carbonyl (C=O) groups is 1. The van der Waals surface area contributed by atoms with E-state index in [0.717, 1.165) is 12.2 Å². The topological polar surface area (TPSA) is 38.3 Å². The molecule has 28 heavy (non-hydrogen) atoms. The Kier molecular flexibility index (Phi) is 4.36. The van der Waals surface area contributed by atoms with Gasteiger partial charge in [-0.25, -0.2) is 0 Å². The first kappa shape index (κ1) is 17.1. The predicted octanol–water partition coefficient (Wildman–Crippen LogP) is 4.48. The minimum Gasteiger partial charge on any atom is -0.484 e. The minimum atomic E-state index is -0.0631. The molecule has 3 aromatic rings. The minimum absolute atomic E-state index is 0.0536. The zero-order valence-electron chi connectivity index (χ0n) is 15.7. The standard InChI is InChI=1S/C25H23NO2/c27-24(16-28-18-8-2-1-3-9-18)26-15-17-14-23-19-10-4-6-12-21(19)25(17)22-13-7-5-11-20(22)23/h1-13,17,23,25H,14-16H2,(H,26,27)/t17-,23?,25?/m0/s1. The normalized spacial score (nSPS) is 21.5. The van der Waals surface area contributed by atoms with Crippen molar-refractivity contribution in [1.82, 2.24) is 5.32 Å². The third-order valence-electron chi connectivity index (χ3n) is 6.10. The molecule has 1 N–H and O–H groups in total. The number of rotatable bonds is 5. The van der Waals surface area contributed by atoms with E-state index < -0.39 is 0 Å². The molecule has 0 fully saturated rings. The zero-order chi connectivity index (χ0) is 18.9. The van der Waals surface area contributed by atoms with Crippen molar-refractivity contribution in [2.75, 3.05) is 13.2 Å². The first-order valence-corrected chi connectivity index (χ1v) is 9.93. The molecule has 0 radical (unpaired) electrons. The first-order chi connectivity index (χ1) is 13.8. The SMILES string of the molecule is O=C(COc1ccccc1)NC[C@@H]1CC2c3ccccc3C1c1ccccc12. The molecular weight excluding hydrogens is 346 g/mol. The van der Waals surface area contributed by atoms with E-state index in [1.165, 1.54) is 22.3 Å². The Bertz CT molecular complexity index is 951. The van der Waals surface area contributed by atoms with Crippen LogP contribution in [0.4, 0.5) is 0 Å². The van der Waals surface area contributed by atoms with Gasteiger partial charge in [0.05, 0.1) is 0 Å². The van der Waals surface area contributed by atoms with E-state index in [1.54, 1.807) is 0 Å². The van der Waals surface area contributed by atoms with E-state index in [1.807, 2.05) is 30.3 Å². The van der Waals surface area contributed by atoms with E-state index in [2.05, 4.69) is 53.8 Å². The summed E-state index contributed by atoms with van der Waals surface area (Å²) in [7, 11) is 0. The fraction of sp³-hybridized carbons (Fsp3) is 0.240. The molecule has 0 aliphatic heterocycles. The fourth-order valence-electron chi connectivity index (χ4n) is 4.92. The smallest absolute Gasteiger partial charge is 0.257 e. The molecular formula is C25H23NO2. The Balaban J connectivity index is 1.30. The van der Waals surface area contributed by atoms with Crippen molar-refractivity contribution in [1.29, 1.82) is 0 Å². The van der Waals surface area contributed by atoms with Crippen LogP contribution >= 0.6 is 0 Å². The average molecular weight is 369 g/mol. The van der Waals surface area contributed by atoms with E-state index in [4.69, 9.17) is 4.74 Å². The average Bonchev–Trinajstić information content (AvgIpc) is 2.77. The molecule has 3 aromatic carbocycles. The van der Waals surface area contributed by atoms with Crippen LogP contribution in [0.1, 0.15) is 40.5 Å². The summed E-state index contributed by atoms with van der Waals surface area (Å²) >= 11 is 0. The summed E-state index contributed by atoms with van der Waals surface area (Å²) in [5.41, 5.74) is 5.77. The molecule has 2 bridgehead atoms. The largest absolute Gasteiger partial charge is 0.484 e. The van der Waals surface area contributed by atoms with Gasteiger partial charge in [-0.05, 0) is 46.7 Å². The van der Waals surface area contributed by atoms with Crippen molar-refractivity contribution in [2.45, 2.75) is 18.3 Å². The molecule has 0 unspecified atom stereocenters. The Morgan fingerprint density at radius 2 is 1.39 bits per heavy atom. The number of nitrogens with one attached hydrogen (secondary N) is 1. The predicted molar refractivity (Wildman–Crippen MR) is 110 cm³/mol. The van der Waals surface area contributed by atoms with Gasteiger partial charge >= 0.3 is 0 Å². The van der Waals surface area contributed by atoms with Gasteiger partial charge in [-0.15, -0.1) is 0 Å². The summed E-state index contributed by atoms with van der Waals surface area (Å²) < 4.78 is 5.57. The maximum atomic E-state index is 12.3. The summed E-state index contributed by atoms with van der Waals surface area (Å²) in [5, 5.41) is 3.11. The van der Waals surface area contributed by atoms with Gasteiger partial charge in [-0.3, -0.25) is 4.79 Å². The molecule has 0 saturated heterocycles. The van der Waals surface area contributed by atoms with Crippen molar-refractivity contribution < 1.29 is 9.53 Å². The van der Waals surface area contributed by atoms with Crippen molar-refractivity contribution in [3.05, 3.63) is 101 Å². The number of fused-ring (bicyclic) bond motifs is 1. The van der Waals surface area contributed by atoms with Gasteiger partial charge < -0.3 is 10.1 Å². The van der Waals surface area contributed by atoms with Crippen LogP contribution in [0.25, 0.3) is 0 Å². The third-order valence-corrected chi connectivity index (χ3v) is 6.10. The molecule has 3 nitrogen and oxygen atoms in total. The molecule has 140 valence electrons. The van der Waals surface area contributed by atoms with E-state index in [0.29, 0.717) is 24.3 Å². The highest BCUT2D eigenvalue weighted by Gasteiger charge is 2.42. The summed E-state index contributed by atoms with van der Waals surface area (Å²) in [6.07, 6.45) is 1.08. The van der Waals surface area contributed by atoms with Crippen LogP contribution in [0.15, 0.2) is 78.9 Å². The van der Waals surface area contributed by atoms with Gasteiger partial charge in [-0.2, -0.15) is 0 Å². The fourth-order valence-corrected chi connectivity index (χ4v) is 4.92. The van der Waals surface area contributed by atoms with Crippen LogP contribution in [0.5, 0.6) is 5.75 Å². The second kappa shape index (κ2) is 7.16.